The van der Waals surface area contributed by atoms with Gasteiger partial charge in [-0.3, -0.25) is 4.79 Å². The quantitative estimate of drug-likeness (QED) is 0.618. The molecule has 0 N–H and O–H groups in total. The molecule has 0 spiro atoms. The van der Waals surface area contributed by atoms with E-state index in [1.54, 1.807) is 17.0 Å². The predicted molar refractivity (Wildman–Crippen MR) is 97.7 cm³/mol. The number of benzene rings is 2. The maximum absolute atomic E-state index is 14.0. The van der Waals surface area contributed by atoms with Crippen LogP contribution in [-0.2, 0) is 16.1 Å². The van der Waals surface area contributed by atoms with Crippen molar-refractivity contribution in [3.8, 4) is 5.75 Å². The highest BCUT2D eigenvalue weighted by molar-refractivity contribution is 6.31. The fraction of sp³-hybridized carbons (Fsp3) is 0.350. The van der Waals surface area contributed by atoms with Crippen molar-refractivity contribution in [2.45, 2.75) is 25.4 Å². The molecule has 0 heterocycles. The molecule has 0 bridgehead atoms. The van der Waals surface area contributed by atoms with Crippen LogP contribution in [0, 0.1) is 5.82 Å². The van der Waals surface area contributed by atoms with E-state index in [-0.39, 0.29) is 25.1 Å². The summed E-state index contributed by atoms with van der Waals surface area (Å²) in [5.41, 5.74) is 0.349. The van der Waals surface area contributed by atoms with Gasteiger partial charge < -0.3 is 14.4 Å². The summed E-state index contributed by atoms with van der Waals surface area (Å²) in [4.78, 5) is 14.1. The molecule has 0 atom stereocenters. The van der Waals surface area contributed by atoms with Crippen LogP contribution in [0.4, 0.5) is 4.39 Å². The Morgan fingerprint density at radius 2 is 1.88 bits per heavy atom. The molecular formula is C20H21ClFNO3. The smallest absolute Gasteiger partial charge is 0.249 e. The van der Waals surface area contributed by atoms with Crippen molar-refractivity contribution < 1.29 is 18.7 Å². The second-order valence-corrected chi connectivity index (χ2v) is 6.57. The molecule has 1 amide bonds. The van der Waals surface area contributed by atoms with Crippen molar-refractivity contribution in [3.63, 3.8) is 0 Å². The molecule has 3 rings (SSSR count). The Balaban J connectivity index is 1.47. The molecule has 1 aliphatic rings. The summed E-state index contributed by atoms with van der Waals surface area (Å²) in [6, 6.07) is 14.1. The molecule has 2 aromatic rings. The Morgan fingerprint density at radius 1 is 1.12 bits per heavy atom. The van der Waals surface area contributed by atoms with Gasteiger partial charge in [0.25, 0.3) is 0 Å². The van der Waals surface area contributed by atoms with Crippen LogP contribution >= 0.6 is 11.6 Å². The number of carbonyl (C=O) groups is 1. The summed E-state index contributed by atoms with van der Waals surface area (Å²) >= 11 is 6.08. The summed E-state index contributed by atoms with van der Waals surface area (Å²) in [5.74, 6) is 0.205. The largest absolute Gasteiger partial charge is 0.491 e. The van der Waals surface area contributed by atoms with Crippen molar-refractivity contribution in [2.75, 3.05) is 19.8 Å². The van der Waals surface area contributed by atoms with Gasteiger partial charge in [-0.2, -0.15) is 0 Å². The zero-order valence-corrected chi connectivity index (χ0v) is 15.1. The van der Waals surface area contributed by atoms with Crippen molar-refractivity contribution in [1.82, 2.24) is 4.90 Å². The molecule has 6 heteroatoms. The molecule has 2 aromatic carbocycles. The number of para-hydroxylation sites is 1. The molecule has 1 saturated carbocycles. The topological polar surface area (TPSA) is 38.8 Å². The van der Waals surface area contributed by atoms with Crippen LogP contribution in [-0.4, -0.2) is 36.7 Å². The van der Waals surface area contributed by atoms with Gasteiger partial charge in [-0.25, -0.2) is 4.39 Å². The lowest BCUT2D eigenvalue weighted by Crippen LogP contribution is -2.36. The van der Waals surface area contributed by atoms with Crippen LogP contribution in [0.25, 0.3) is 0 Å². The second-order valence-electron chi connectivity index (χ2n) is 6.17. The van der Waals surface area contributed by atoms with Crippen molar-refractivity contribution >= 4 is 17.5 Å². The Labute approximate surface area is 157 Å². The number of ether oxygens (including phenoxy) is 2. The lowest BCUT2D eigenvalue weighted by atomic mass is 10.2. The highest BCUT2D eigenvalue weighted by Gasteiger charge is 2.33. The van der Waals surface area contributed by atoms with Gasteiger partial charge in [0, 0.05) is 16.6 Å². The van der Waals surface area contributed by atoms with Gasteiger partial charge in [0.05, 0.1) is 13.2 Å². The highest BCUT2D eigenvalue weighted by Crippen LogP contribution is 2.30. The Bertz CT molecular complexity index is 717. The monoisotopic (exact) mass is 377 g/mol. The maximum atomic E-state index is 14.0. The molecule has 0 unspecified atom stereocenters. The van der Waals surface area contributed by atoms with E-state index in [1.807, 2.05) is 30.3 Å². The lowest BCUT2D eigenvalue weighted by Gasteiger charge is -2.23. The van der Waals surface area contributed by atoms with Gasteiger partial charge >= 0.3 is 0 Å². The molecule has 0 aromatic heterocycles. The van der Waals surface area contributed by atoms with Gasteiger partial charge in [0.15, 0.2) is 0 Å². The Hall–Kier alpha value is -2.11. The van der Waals surface area contributed by atoms with Crippen LogP contribution in [0.3, 0.4) is 0 Å². The first-order valence-electron chi connectivity index (χ1n) is 8.63. The summed E-state index contributed by atoms with van der Waals surface area (Å²) < 4.78 is 25.0. The summed E-state index contributed by atoms with van der Waals surface area (Å²) in [6.45, 7) is 0.777. The Kier molecular flexibility index (Phi) is 6.47. The predicted octanol–water partition coefficient (Wildman–Crippen LogP) is 4.07. The number of carbonyl (C=O) groups excluding carboxylic acids is 1. The minimum atomic E-state index is -0.395. The average molecular weight is 378 g/mol. The van der Waals surface area contributed by atoms with Gasteiger partial charge in [-0.1, -0.05) is 35.9 Å². The summed E-state index contributed by atoms with van der Waals surface area (Å²) in [7, 11) is 0. The van der Waals surface area contributed by atoms with E-state index in [2.05, 4.69) is 0 Å². The minimum Gasteiger partial charge on any atom is -0.491 e. The van der Waals surface area contributed by atoms with E-state index in [0.29, 0.717) is 23.8 Å². The first-order valence-corrected chi connectivity index (χ1v) is 9.01. The van der Waals surface area contributed by atoms with E-state index in [0.717, 1.165) is 18.6 Å². The molecule has 138 valence electrons. The Morgan fingerprint density at radius 3 is 2.58 bits per heavy atom. The fourth-order valence-corrected chi connectivity index (χ4v) is 2.86. The van der Waals surface area contributed by atoms with Crippen molar-refractivity contribution in [2.24, 2.45) is 0 Å². The summed E-state index contributed by atoms with van der Waals surface area (Å²) in [5, 5.41) is 0.334. The van der Waals surface area contributed by atoms with Gasteiger partial charge in [-0.15, -0.1) is 0 Å². The molecule has 1 fully saturated rings. The van der Waals surface area contributed by atoms with Crippen molar-refractivity contribution in [1.29, 1.82) is 0 Å². The van der Waals surface area contributed by atoms with Crippen LogP contribution in [0.5, 0.6) is 5.75 Å². The third kappa shape index (κ3) is 5.19. The zero-order chi connectivity index (χ0) is 18.4. The number of amides is 1. The molecule has 0 aliphatic heterocycles. The van der Waals surface area contributed by atoms with E-state index < -0.39 is 5.82 Å². The molecule has 0 radical (unpaired) electrons. The molecule has 1 aliphatic carbocycles. The first kappa shape index (κ1) is 18.7. The average Bonchev–Trinajstić information content (AvgIpc) is 3.47. The van der Waals surface area contributed by atoms with Crippen LogP contribution in [0.1, 0.15) is 18.4 Å². The first-order chi connectivity index (χ1) is 12.6. The number of rotatable bonds is 9. The SMILES string of the molecule is O=C(COCCOc1ccccc1)N(Cc1c(F)cccc1Cl)C1CC1. The van der Waals surface area contributed by atoms with Gasteiger partial charge in [-0.05, 0) is 37.1 Å². The second kappa shape index (κ2) is 9.01. The maximum Gasteiger partial charge on any atom is 0.249 e. The van der Waals surface area contributed by atoms with Gasteiger partial charge in [0.1, 0.15) is 24.8 Å². The zero-order valence-electron chi connectivity index (χ0n) is 14.4. The molecule has 26 heavy (non-hydrogen) atoms. The molecular weight excluding hydrogens is 357 g/mol. The molecule has 0 saturated heterocycles. The number of halogens is 2. The van der Waals surface area contributed by atoms with Crippen molar-refractivity contribution in [3.05, 3.63) is 64.9 Å². The normalized spacial score (nSPS) is 13.5. The van der Waals surface area contributed by atoms with E-state index in [4.69, 9.17) is 21.1 Å². The third-order valence-corrected chi connectivity index (χ3v) is 4.52. The lowest BCUT2D eigenvalue weighted by molar-refractivity contribution is -0.137. The summed E-state index contributed by atoms with van der Waals surface area (Å²) in [6.07, 6.45) is 1.85. The third-order valence-electron chi connectivity index (χ3n) is 4.16. The van der Waals surface area contributed by atoms with E-state index in [1.165, 1.54) is 6.07 Å². The van der Waals surface area contributed by atoms with Crippen LogP contribution < -0.4 is 4.74 Å². The standard InChI is InChI=1S/C20H21ClFNO3/c21-18-7-4-8-19(22)17(18)13-23(15-9-10-15)20(24)14-25-11-12-26-16-5-2-1-3-6-16/h1-8,15H,9-14H2. The minimum absolute atomic E-state index is 0.0548. The molecule has 4 nitrogen and oxygen atoms in total. The fourth-order valence-electron chi connectivity index (χ4n) is 2.64. The van der Waals surface area contributed by atoms with Crippen LogP contribution in [0.15, 0.2) is 48.5 Å². The van der Waals surface area contributed by atoms with E-state index in [9.17, 15) is 9.18 Å². The van der Waals surface area contributed by atoms with Crippen LogP contribution in [0.2, 0.25) is 5.02 Å². The number of hydrogen-bond donors (Lipinski definition) is 0. The highest BCUT2D eigenvalue weighted by atomic mass is 35.5. The number of nitrogens with zero attached hydrogens (tertiary/aromatic N) is 1. The van der Waals surface area contributed by atoms with E-state index >= 15 is 0 Å². The van der Waals surface area contributed by atoms with Gasteiger partial charge in [0.2, 0.25) is 5.91 Å². The number of hydrogen-bond acceptors (Lipinski definition) is 3.